The average molecular weight is 272 g/mol. The summed E-state index contributed by atoms with van der Waals surface area (Å²) in [4.78, 5) is 4.41. The standard InChI is InChI=1S/C16H20N2O2/c1-10-11(2)20-16(18-10)9-17-15-7-5-12-4-6-13(19-3)8-14(12)15/h4,6,8,15,17H,5,7,9H2,1-3H3. The molecule has 4 nitrogen and oxygen atoms in total. The van der Waals surface area contributed by atoms with E-state index in [1.165, 1.54) is 11.1 Å². The fourth-order valence-corrected chi connectivity index (χ4v) is 2.74. The summed E-state index contributed by atoms with van der Waals surface area (Å²) in [6, 6.07) is 6.68. The third kappa shape index (κ3) is 2.43. The SMILES string of the molecule is COc1ccc2c(c1)C(NCc1nc(C)c(C)o1)CC2. The number of rotatable bonds is 4. The fraction of sp³-hybridized carbons (Fsp3) is 0.438. The monoisotopic (exact) mass is 272 g/mol. The lowest BCUT2D eigenvalue weighted by atomic mass is 10.1. The Morgan fingerprint density at radius 1 is 1.40 bits per heavy atom. The van der Waals surface area contributed by atoms with Crippen molar-refractivity contribution in [3.8, 4) is 5.75 Å². The Balaban J connectivity index is 1.71. The summed E-state index contributed by atoms with van der Waals surface area (Å²) in [6.07, 6.45) is 2.22. The lowest BCUT2D eigenvalue weighted by molar-refractivity contribution is 0.410. The number of nitrogens with one attached hydrogen (secondary N) is 1. The van der Waals surface area contributed by atoms with Crippen molar-refractivity contribution in [3.63, 3.8) is 0 Å². The highest BCUT2D eigenvalue weighted by molar-refractivity contribution is 5.40. The number of nitrogens with zero attached hydrogens (tertiary/aromatic N) is 1. The van der Waals surface area contributed by atoms with Gasteiger partial charge in [-0.2, -0.15) is 0 Å². The minimum absolute atomic E-state index is 0.354. The summed E-state index contributed by atoms with van der Waals surface area (Å²) < 4.78 is 10.9. The molecule has 1 aromatic carbocycles. The van der Waals surface area contributed by atoms with Crippen LogP contribution in [0.3, 0.4) is 0 Å². The third-order valence-electron chi connectivity index (χ3n) is 4.00. The van der Waals surface area contributed by atoms with E-state index >= 15 is 0 Å². The number of hydrogen-bond acceptors (Lipinski definition) is 4. The summed E-state index contributed by atoms with van der Waals surface area (Å²) in [5.74, 6) is 2.58. The van der Waals surface area contributed by atoms with E-state index < -0.39 is 0 Å². The molecule has 0 spiro atoms. The first-order valence-electron chi connectivity index (χ1n) is 7.00. The van der Waals surface area contributed by atoms with Crippen LogP contribution in [-0.2, 0) is 13.0 Å². The van der Waals surface area contributed by atoms with Crippen LogP contribution in [0.1, 0.15) is 40.9 Å². The van der Waals surface area contributed by atoms with Gasteiger partial charge in [0.25, 0.3) is 0 Å². The summed E-state index contributed by atoms with van der Waals surface area (Å²) in [5.41, 5.74) is 3.71. The van der Waals surface area contributed by atoms with Gasteiger partial charge in [0.05, 0.1) is 19.3 Å². The zero-order valence-corrected chi connectivity index (χ0v) is 12.2. The molecule has 0 amide bonds. The van der Waals surface area contributed by atoms with E-state index in [2.05, 4.69) is 22.4 Å². The molecule has 1 aliphatic carbocycles. The van der Waals surface area contributed by atoms with Gasteiger partial charge >= 0.3 is 0 Å². The van der Waals surface area contributed by atoms with Crippen molar-refractivity contribution in [1.82, 2.24) is 10.3 Å². The number of aromatic nitrogens is 1. The molecule has 1 N–H and O–H groups in total. The van der Waals surface area contributed by atoms with Gasteiger partial charge in [-0.15, -0.1) is 0 Å². The van der Waals surface area contributed by atoms with E-state index in [4.69, 9.17) is 9.15 Å². The van der Waals surface area contributed by atoms with Crippen molar-refractivity contribution in [2.45, 2.75) is 39.3 Å². The molecule has 20 heavy (non-hydrogen) atoms. The summed E-state index contributed by atoms with van der Waals surface area (Å²) in [6.45, 7) is 4.58. The zero-order valence-electron chi connectivity index (χ0n) is 12.2. The normalized spacial score (nSPS) is 17.2. The van der Waals surface area contributed by atoms with Gasteiger partial charge in [0.1, 0.15) is 11.5 Å². The van der Waals surface area contributed by atoms with Crippen LogP contribution in [0.5, 0.6) is 5.75 Å². The number of hydrogen-bond donors (Lipinski definition) is 1. The van der Waals surface area contributed by atoms with Crippen LogP contribution in [0.4, 0.5) is 0 Å². The van der Waals surface area contributed by atoms with Gasteiger partial charge in [0.15, 0.2) is 0 Å². The third-order valence-corrected chi connectivity index (χ3v) is 4.00. The molecule has 0 aliphatic heterocycles. The van der Waals surface area contributed by atoms with Gasteiger partial charge in [0.2, 0.25) is 5.89 Å². The number of fused-ring (bicyclic) bond motifs is 1. The van der Waals surface area contributed by atoms with E-state index in [-0.39, 0.29) is 0 Å². The van der Waals surface area contributed by atoms with Gasteiger partial charge in [-0.05, 0) is 49.9 Å². The molecule has 0 saturated heterocycles. The Hall–Kier alpha value is -1.81. The maximum Gasteiger partial charge on any atom is 0.208 e. The smallest absolute Gasteiger partial charge is 0.208 e. The van der Waals surface area contributed by atoms with E-state index in [1.807, 2.05) is 19.9 Å². The van der Waals surface area contributed by atoms with Crippen LogP contribution in [0.15, 0.2) is 22.6 Å². The molecule has 1 unspecified atom stereocenters. The lowest BCUT2D eigenvalue weighted by Crippen LogP contribution is -2.18. The molecule has 0 bridgehead atoms. The van der Waals surface area contributed by atoms with E-state index in [1.54, 1.807) is 7.11 Å². The lowest BCUT2D eigenvalue weighted by Gasteiger charge is -2.13. The number of aryl methyl sites for hydroxylation is 3. The molecule has 1 heterocycles. The highest BCUT2D eigenvalue weighted by Crippen LogP contribution is 2.33. The Bertz CT molecular complexity index is 599. The Morgan fingerprint density at radius 2 is 2.25 bits per heavy atom. The molecular formula is C16H20N2O2. The minimum atomic E-state index is 0.354. The quantitative estimate of drug-likeness (QED) is 0.929. The van der Waals surface area contributed by atoms with E-state index in [0.717, 1.165) is 35.9 Å². The second-order valence-corrected chi connectivity index (χ2v) is 5.29. The second-order valence-electron chi connectivity index (χ2n) is 5.29. The number of ether oxygens (including phenoxy) is 1. The molecule has 106 valence electrons. The zero-order chi connectivity index (χ0) is 14.1. The predicted octanol–water partition coefficient (Wildman–Crippen LogP) is 3.08. The van der Waals surface area contributed by atoms with Crippen molar-refractivity contribution >= 4 is 0 Å². The average Bonchev–Trinajstić information content (AvgIpc) is 3.00. The first kappa shape index (κ1) is 13.2. The van der Waals surface area contributed by atoms with Gasteiger partial charge in [-0.3, -0.25) is 0 Å². The first-order chi connectivity index (χ1) is 9.67. The van der Waals surface area contributed by atoms with E-state index in [0.29, 0.717) is 12.6 Å². The van der Waals surface area contributed by atoms with Crippen molar-refractivity contribution in [2.75, 3.05) is 7.11 Å². The van der Waals surface area contributed by atoms with E-state index in [9.17, 15) is 0 Å². The Labute approximate surface area is 119 Å². The van der Waals surface area contributed by atoms with Crippen LogP contribution < -0.4 is 10.1 Å². The number of oxazole rings is 1. The molecule has 2 aromatic rings. The highest BCUT2D eigenvalue weighted by Gasteiger charge is 2.23. The van der Waals surface area contributed by atoms with Gasteiger partial charge in [-0.1, -0.05) is 6.07 Å². The number of methoxy groups -OCH3 is 1. The Morgan fingerprint density at radius 3 is 2.95 bits per heavy atom. The maximum absolute atomic E-state index is 5.61. The topological polar surface area (TPSA) is 47.3 Å². The molecule has 1 atom stereocenters. The van der Waals surface area contributed by atoms with Crippen molar-refractivity contribution in [1.29, 1.82) is 0 Å². The number of benzene rings is 1. The molecule has 0 radical (unpaired) electrons. The molecule has 0 fully saturated rings. The summed E-state index contributed by atoms with van der Waals surface area (Å²) in [5, 5.41) is 3.53. The fourth-order valence-electron chi connectivity index (χ4n) is 2.74. The van der Waals surface area contributed by atoms with Gasteiger partial charge in [0, 0.05) is 6.04 Å². The predicted molar refractivity (Wildman–Crippen MR) is 76.9 cm³/mol. The van der Waals surface area contributed by atoms with Crippen LogP contribution in [0.25, 0.3) is 0 Å². The first-order valence-corrected chi connectivity index (χ1v) is 7.00. The Kier molecular flexibility index (Phi) is 3.49. The van der Waals surface area contributed by atoms with Crippen molar-refractivity contribution < 1.29 is 9.15 Å². The van der Waals surface area contributed by atoms with Crippen LogP contribution in [-0.4, -0.2) is 12.1 Å². The summed E-state index contributed by atoms with van der Waals surface area (Å²) in [7, 11) is 1.71. The molecule has 1 aliphatic rings. The van der Waals surface area contributed by atoms with Crippen molar-refractivity contribution in [3.05, 3.63) is 46.7 Å². The largest absolute Gasteiger partial charge is 0.497 e. The molecule has 0 saturated carbocycles. The van der Waals surface area contributed by atoms with Crippen LogP contribution >= 0.6 is 0 Å². The van der Waals surface area contributed by atoms with Gasteiger partial charge < -0.3 is 14.5 Å². The molecular weight excluding hydrogens is 252 g/mol. The van der Waals surface area contributed by atoms with Crippen LogP contribution in [0.2, 0.25) is 0 Å². The van der Waals surface area contributed by atoms with Crippen molar-refractivity contribution in [2.24, 2.45) is 0 Å². The maximum atomic E-state index is 5.61. The highest BCUT2D eigenvalue weighted by atomic mass is 16.5. The molecule has 3 rings (SSSR count). The minimum Gasteiger partial charge on any atom is -0.497 e. The molecule has 1 aromatic heterocycles. The van der Waals surface area contributed by atoms with Gasteiger partial charge in [-0.25, -0.2) is 4.98 Å². The second kappa shape index (κ2) is 5.29. The molecule has 4 heteroatoms. The summed E-state index contributed by atoms with van der Waals surface area (Å²) >= 11 is 0. The van der Waals surface area contributed by atoms with Crippen LogP contribution in [0, 0.1) is 13.8 Å².